The molecule has 2 atom stereocenters. The minimum absolute atomic E-state index is 0.182. The number of likely N-dealkylation sites (tertiary alicyclic amines) is 1. The average molecular weight is 313 g/mol. The first kappa shape index (κ1) is 15.5. The van der Waals surface area contributed by atoms with Crippen LogP contribution >= 0.6 is 0 Å². The molecule has 1 aliphatic heterocycles. The number of amides is 2. The SMILES string of the molecule is CCOc1ccc(C(=O)CN2C(=O)[C@@H]3CC=CC[C@H]3C2=O)cc1. The number of carbonyl (C=O) groups is 3. The van der Waals surface area contributed by atoms with Crippen molar-refractivity contribution in [3.63, 3.8) is 0 Å². The van der Waals surface area contributed by atoms with Gasteiger partial charge in [-0.15, -0.1) is 0 Å². The maximum Gasteiger partial charge on any atom is 0.233 e. The summed E-state index contributed by atoms with van der Waals surface area (Å²) in [5.74, 6) is -0.565. The molecule has 1 heterocycles. The van der Waals surface area contributed by atoms with Gasteiger partial charge >= 0.3 is 0 Å². The number of Topliss-reactive ketones (excluding diaryl/α,β-unsaturated/α-hetero) is 1. The predicted octanol–water partition coefficient (Wildman–Crippen LogP) is 2.22. The maximum atomic E-state index is 12.4. The Morgan fingerprint density at radius 1 is 1.09 bits per heavy atom. The molecule has 0 saturated carbocycles. The lowest BCUT2D eigenvalue weighted by molar-refractivity contribution is -0.139. The average Bonchev–Trinajstić information content (AvgIpc) is 2.81. The second kappa shape index (κ2) is 6.36. The summed E-state index contributed by atoms with van der Waals surface area (Å²) in [7, 11) is 0. The molecule has 23 heavy (non-hydrogen) atoms. The Morgan fingerprint density at radius 3 is 2.17 bits per heavy atom. The Kier molecular flexibility index (Phi) is 4.28. The van der Waals surface area contributed by atoms with Crippen molar-refractivity contribution in [2.45, 2.75) is 19.8 Å². The lowest BCUT2D eigenvalue weighted by Crippen LogP contribution is -2.36. The summed E-state index contributed by atoms with van der Waals surface area (Å²) in [5, 5.41) is 0. The van der Waals surface area contributed by atoms with Crippen molar-refractivity contribution >= 4 is 17.6 Å². The fraction of sp³-hybridized carbons (Fsp3) is 0.389. The Morgan fingerprint density at radius 2 is 1.65 bits per heavy atom. The van der Waals surface area contributed by atoms with Crippen LogP contribution in [-0.4, -0.2) is 35.6 Å². The number of carbonyl (C=O) groups excluding carboxylic acids is 3. The second-order valence-corrected chi connectivity index (χ2v) is 5.80. The van der Waals surface area contributed by atoms with E-state index in [1.807, 2.05) is 19.1 Å². The topological polar surface area (TPSA) is 63.7 Å². The van der Waals surface area contributed by atoms with E-state index in [0.717, 1.165) is 4.90 Å². The van der Waals surface area contributed by atoms with Crippen molar-refractivity contribution in [1.82, 2.24) is 4.90 Å². The van der Waals surface area contributed by atoms with Crippen LogP contribution < -0.4 is 4.74 Å². The zero-order valence-electron chi connectivity index (χ0n) is 13.0. The number of ketones is 1. The molecule has 2 aliphatic rings. The van der Waals surface area contributed by atoms with Crippen LogP contribution in [0.3, 0.4) is 0 Å². The molecule has 0 aromatic heterocycles. The van der Waals surface area contributed by atoms with Crippen molar-refractivity contribution in [3.05, 3.63) is 42.0 Å². The van der Waals surface area contributed by atoms with Crippen LogP contribution in [0.1, 0.15) is 30.1 Å². The molecule has 0 N–H and O–H groups in total. The summed E-state index contributed by atoms with van der Waals surface area (Å²) < 4.78 is 5.34. The lowest BCUT2D eigenvalue weighted by atomic mass is 9.85. The molecule has 120 valence electrons. The summed E-state index contributed by atoms with van der Waals surface area (Å²) >= 11 is 0. The van der Waals surface area contributed by atoms with Crippen LogP contribution in [0.25, 0.3) is 0 Å². The molecule has 0 unspecified atom stereocenters. The van der Waals surface area contributed by atoms with Crippen molar-refractivity contribution in [2.75, 3.05) is 13.2 Å². The molecule has 5 heteroatoms. The van der Waals surface area contributed by atoms with Gasteiger partial charge in [-0.1, -0.05) is 12.2 Å². The number of allylic oxidation sites excluding steroid dienone is 2. The molecule has 1 fully saturated rings. The quantitative estimate of drug-likeness (QED) is 0.475. The third-order valence-corrected chi connectivity index (χ3v) is 4.39. The van der Waals surface area contributed by atoms with Gasteiger partial charge in [-0.3, -0.25) is 19.3 Å². The number of hydrogen-bond donors (Lipinski definition) is 0. The van der Waals surface area contributed by atoms with E-state index in [4.69, 9.17) is 4.74 Å². The summed E-state index contributed by atoms with van der Waals surface area (Å²) in [6, 6.07) is 6.75. The van der Waals surface area contributed by atoms with E-state index in [0.29, 0.717) is 30.8 Å². The highest BCUT2D eigenvalue weighted by atomic mass is 16.5. The van der Waals surface area contributed by atoms with Crippen LogP contribution in [0, 0.1) is 11.8 Å². The molecule has 1 aromatic rings. The van der Waals surface area contributed by atoms with Gasteiger partial charge in [-0.2, -0.15) is 0 Å². The van der Waals surface area contributed by atoms with Crippen molar-refractivity contribution in [2.24, 2.45) is 11.8 Å². The number of benzene rings is 1. The Bertz CT molecular complexity index is 636. The predicted molar refractivity (Wildman–Crippen MR) is 84.0 cm³/mol. The highest BCUT2D eigenvalue weighted by Crippen LogP contribution is 2.35. The van der Waals surface area contributed by atoms with Gasteiger partial charge in [0.1, 0.15) is 5.75 Å². The van der Waals surface area contributed by atoms with Gasteiger partial charge in [0.15, 0.2) is 5.78 Å². The summed E-state index contributed by atoms with van der Waals surface area (Å²) in [4.78, 5) is 38.2. The maximum absolute atomic E-state index is 12.4. The monoisotopic (exact) mass is 313 g/mol. The molecule has 1 saturated heterocycles. The van der Waals surface area contributed by atoms with Gasteiger partial charge in [0.2, 0.25) is 11.8 Å². The first-order valence-corrected chi connectivity index (χ1v) is 7.88. The van der Waals surface area contributed by atoms with Crippen molar-refractivity contribution in [3.8, 4) is 5.75 Å². The van der Waals surface area contributed by atoms with Gasteiger partial charge in [-0.25, -0.2) is 0 Å². The van der Waals surface area contributed by atoms with Gasteiger partial charge < -0.3 is 4.74 Å². The molecule has 1 aromatic carbocycles. The van der Waals surface area contributed by atoms with Crippen molar-refractivity contribution < 1.29 is 19.1 Å². The summed E-state index contributed by atoms with van der Waals surface area (Å²) in [6.45, 7) is 2.26. The molecule has 5 nitrogen and oxygen atoms in total. The molecule has 1 aliphatic carbocycles. The van der Waals surface area contributed by atoms with E-state index in [-0.39, 0.29) is 36.0 Å². The number of ether oxygens (including phenoxy) is 1. The van der Waals surface area contributed by atoms with Gasteiger partial charge in [0.05, 0.1) is 25.0 Å². The third-order valence-electron chi connectivity index (χ3n) is 4.39. The van der Waals surface area contributed by atoms with E-state index in [1.165, 1.54) is 0 Å². The first-order valence-electron chi connectivity index (χ1n) is 7.88. The first-order chi connectivity index (χ1) is 11.1. The molecule has 0 bridgehead atoms. The van der Waals surface area contributed by atoms with Crippen LogP contribution in [-0.2, 0) is 9.59 Å². The third kappa shape index (κ3) is 2.91. The fourth-order valence-corrected chi connectivity index (χ4v) is 3.16. The number of fused-ring (bicyclic) bond motifs is 1. The zero-order valence-corrected chi connectivity index (χ0v) is 13.0. The molecule has 2 amide bonds. The smallest absolute Gasteiger partial charge is 0.233 e. The van der Waals surface area contributed by atoms with E-state index in [9.17, 15) is 14.4 Å². The molecule has 0 spiro atoms. The van der Waals surface area contributed by atoms with Crippen LogP contribution in [0.4, 0.5) is 0 Å². The number of hydrogen-bond acceptors (Lipinski definition) is 4. The minimum atomic E-state index is -0.291. The zero-order chi connectivity index (χ0) is 16.4. The summed E-state index contributed by atoms with van der Waals surface area (Å²) in [6.07, 6.45) is 5.04. The van der Waals surface area contributed by atoms with E-state index >= 15 is 0 Å². The van der Waals surface area contributed by atoms with Gasteiger partial charge in [0, 0.05) is 5.56 Å². The highest BCUT2D eigenvalue weighted by Gasteiger charge is 2.47. The van der Waals surface area contributed by atoms with Crippen LogP contribution in [0.15, 0.2) is 36.4 Å². The molecular formula is C18H19NO4. The van der Waals surface area contributed by atoms with E-state index < -0.39 is 0 Å². The molecular weight excluding hydrogens is 294 g/mol. The minimum Gasteiger partial charge on any atom is -0.494 e. The van der Waals surface area contributed by atoms with E-state index in [1.54, 1.807) is 24.3 Å². The highest BCUT2D eigenvalue weighted by molar-refractivity contribution is 6.10. The fourth-order valence-electron chi connectivity index (χ4n) is 3.16. The van der Waals surface area contributed by atoms with Crippen LogP contribution in [0.5, 0.6) is 5.75 Å². The Labute approximate surface area is 134 Å². The van der Waals surface area contributed by atoms with Gasteiger partial charge in [0.25, 0.3) is 0 Å². The normalized spacial score (nSPS) is 23.1. The van der Waals surface area contributed by atoms with Crippen molar-refractivity contribution in [1.29, 1.82) is 0 Å². The molecule has 3 rings (SSSR count). The summed E-state index contributed by atoms with van der Waals surface area (Å²) in [5.41, 5.74) is 0.474. The van der Waals surface area contributed by atoms with E-state index in [2.05, 4.69) is 0 Å². The Hall–Kier alpha value is -2.43. The molecule has 0 radical (unpaired) electrons. The van der Waals surface area contributed by atoms with Gasteiger partial charge in [-0.05, 0) is 44.0 Å². The second-order valence-electron chi connectivity index (χ2n) is 5.80. The number of imide groups is 1. The largest absolute Gasteiger partial charge is 0.494 e. The van der Waals surface area contributed by atoms with Crippen LogP contribution in [0.2, 0.25) is 0 Å². The lowest BCUT2D eigenvalue weighted by Gasteiger charge is -2.14. The number of rotatable bonds is 5. The Balaban J connectivity index is 1.70. The number of nitrogens with zero attached hydrogens (tertiary/aromatic N) is 1. The standard InChI is InChI=1S/C18H19NO4/c1-2-23-13-9-7-12(8-10-13)16(20)11-19-17(21)14-5-3-4-6-15(14)18(19)22/h3-4,7-10,14-15H,2,5-6,11H2,1H3/t14-,15-/m1/s1.